The molecule has 0 bridgehead atoms. The van der Waals surface area contributed by atoms with E-state index in [2.05, 4.69) is 50.5 Å². The number of nitrogens with one attached hydrogen (secondary N) is 1. The zero-order valence-electron chi connectivity index (χ0n) is 19.6. The van der Waals surface area contributed by atoms with Gasteiger partial charge < -0.3 is 15.3 Å². The van der Waals surface area contributed by atoms with Gasteiger partial charge in [-0.2, -0.15) is 10.5 Å². The van der Waals surface area contributed by atoms with Crippen LogP contribution in [0.5, 0.6) is 0 Å². The Labute approximate surface area is 200 Å². The summed E-state index contributed by atoms with van der Waals surface area (Å²) >= 11 is 0. The molecule has 5 rings (SSSR count). The Morgan fingerprint density at radius 2 is 1.74 bits per heavy atom. The van der Waals surface area contributed by atoms with Crippen molar-refractivity contribution in [1.29, 1.82) is 10.5 Å². The predicted molar refractivity (Wildman–Crippen MR) is 127 cm³/mol. The highest BCUT2D eigenvalue weighted by Gasteiger charge is 2.56. The molecule has 2 N–H and O–H groups in total. The summed E-state index contributed by atoms with van der Waals surface area (Å²) < 4.78 is 0. The number of anilines is 1. The third-order valence-corrected chi connectivity index (χ3v) is 8.56. The molecule has 8 nitrogen and oxygen atoms in total. The first-order valence-corrected chi connectivity index (χ1v) is 12.1. The maximum absolute atomic E-state index is 11.5. The maximum Gasteiger partial charge on any atom is 0.232 e. The van der Waals surface area contributed by atoms with Gasteiger partial charge in [0.2, 0.25) is 5.82 Å². The molecule has 2 aromatic rings. The van der Waals surface area contributed by atoms with E-state index in [1.807, 2.05) is 24.1 Å². The van der Waals surface area contributed by atoms with Gasteiger partial charge in [-0.1, -0.05) is 36.8 Å². The maximum atomic E-state index is 11.5. The zero-order chi connectivity index (χ0) is 23.8. The summed E-state index contributed by atoms with van der Waals surface area (Å²) in [4.78, 5) is 12.4. The summed E-state index contributed by atoms with van der Waals surface area (Å²) in [6, 6.07) is 15.1. The molecule has 3 fully saturated rings. The van der Waals surface area contributed by atoms with Gasteiger partial charge in [-0.15, -0.1) is 0 Å². The van der Waals surface area contributed by atoms with Crippen LogP contribution in [-0.4, -0.2) is 52.0 Å². The summed E-state index contributed by atoms with van der Waals surface area (Å²) in [7, 11) is 2.03. The van der Waals surface area contributed by atoms with E-state index >= 15 is 0 Å². The topological polar surface area (TPSA) is 112 Å². The summed E-state index contributed by atoms with van der Waals surface area (Å²) in [5.41, 5.74) is 1.26. The van der Waals surface area contributed by atoms with Gasteiger partial charge in [-0.05, 0) is 51.1 Å². The van der Waals surface area contributed by atoms with Gasteiger partial charge in [0.1, 0.15) is 6.07 Å². The average Bonchev–Trinajstić information content (AvgIpc) is 3.13. The highest BCUT2D eigenvalue weighted by molar-refractivity contribution is 5.46. The van der Waals surface area contributed by atoms with Crippen LogP contribution in [0.3, 0.4) is 0 Å². The fourth-order valence-corrected chi connectivity index (χ4v) is 6.17. The zero-order valence-corrected chi connectivity index (χ0v) is 19.6. The number of hydrogen-bond acceptors (Lipinski definition) is 8. The second-order valence-electron chi connectivity index (χ2n) is 10.1. The molecule has 0 radical (unpaired) electrons. The summed E-state index contributed by atoms with van der Waals surface area (Å²) in [5.74, 6) is 0.112. The molecule has 1 atom stereocenters. The van der Waals surface area contributed by atoms with Gasteiger partial charge >= 0.3 is 0 Å². The first-order chi connectivity index (χ1) is 16.5. The fourth-order valence-electron chi connectivity index (χ4n) is 6.17. The molecular weight excluding hydrogens is 426 g/mol. The van der Waals surface area contributed by atoms with E-state index in [1.165, 1.54) is 5.56 Å². The van der Waals surface area contributed by atoms with Gasteiger partial charge in [0.25, 0.3) is 0 Å². The normalized spacial score (nSPS) is 30.5. The molecule has 2 saturated carbocycles. The molecular formula is C26H31N7O. The van der Waals surface area contributed by atoms with Crippen LogP contribution in [-0.2, 0) is 5.54 Å². The monoisotopic (exact) mass is 457 g/mol. The van der Waals surface area contributed by atoms with Crippen molar-refractivity contribution in [2.75, 3.05) is 25.0 Å². The molecule has 1 saturated heterocycles. The Morgan fingerprint density at radius 3 is 2.26 bits per heavy atom. The number of aliphatic hydroxyl groups is 1. The van der Waals surface area contributed by atoms with Gasteiger partial charge in [0.05, 0.1) is 29.6 Å². The minimum absolute atomic E-state index is 0.0997. The van der Waals surface area contributed by atoms with Crippen molar-refractivity contribution in [3.05, 3.63) is 54.1 Å². The smallest absolute Gasteiger partial charge is 0.232 e. The third kappa shape index (κ3) is 3.63. The molecule has 1 aromatic carbocycles. The first-order valence-electron chi connectivity index (χ1n) is 12.1. The minimum Gasteiger partial charge on any atom is -0.361 e. The summed E-state index contributed by atoms with van der Waals surface area (Å²) in [6.07, 6.45) is 8.86. The van der Waals surface area contributed by atoms with E-state index in [9.17, 15) is 10.4 Å². The van der Waals surface area contributed by atoms with Crippen molar-refractivity contribution in [2.24, 2.45) is 5.41 Å². The Kier molecular flexibility index (Phi) is 5.77. The van der Waals surface area contributed by atoms with Crippen molar-refractivity contribution >= 4 is 5.69 Å². The molecule has 3 aliphatic rings. The van der Waals surface area contributed by atoms with Gasteiger partial charge in [-0.3, -0.25) is 4.90 Å². The van der Waals surface area contributed by atoms with E-state index in [0.717, 1.165) is 44.9 Å². The highest BCUT2D eigenvalue weighted by Crippen LogP contribution is 2.51. The highest BCUT2D eigenvalue weighted by atomic mass is 16.3. The van der Waals surface area contributed by atoms with E-state index in [4.69, 9.17) is 5.26 Å². The lowest BCUT2D eigenvalue weighted by atomic mass is 9.66. The number of nitriles is 2. The Bertz CT molecular complexity index is 1090. The van der Waals surface area contributed by atoms with Gasteiger partial charge in [0, 0.05) is 24.2 Å². The number of rotatable bonds is 5. The molecule has 0 amide bonds. The molecule has 8 heteroatoms. The van der Waals surface area contributed by atoms with Crippen molar-refractivity contribution in [3.63, 3.8) is 0 Å². The van der Waals surface area contributed by atoms with Gasteiger partial charge in [-0.25, -0.2) is 9.97 Å². The lowest BCUT2D eigenvalue weighted by molar-refractivity contribution is -0.0676. The summed E-state index contributed by atoms with van der Waals surface area (Å²) in [5, 5.41) is 34.1. The molecule has 2 aliphatic carbocycles. The Morgan fingerprint density at radius 1 is 1.06 bits per heavy atom. The molecule has 176 valence electrons. The molecule has 1 aromatic heterocycles. The first kappa shape index (κ1) is 22.7. The number of aromatic nitrogens is 2. The molecule has 2 heterocycles. The Balaban J connectivity index is 1.46. The van der Waals surface area contributed by atoms with Crippen molar-refractivity contribution in [3.8, 4) is 12.1 Å². The van der Waals surface area contributed by atoms with Crippen LogP contribution in [0.15, 0.2) is 42.7 Å². The van der Waals surface area contributed by atoms with E-state index < -0.39 is 6.35 Å². The quantitative estimate of drug-likeness (QED) is 0.705. The van der Waals surface area contributed by atoms with Crippen molar-refractivity contribution < 1.29 is 5.11 Å². The molecule has 1 unspecified atom stereocenters. The minimum atomic E-state index is -0.860. The van der Waals surface area contributed by atoms with Crippen LogP contribution >= 0.6 is 0 Å². The third-order valence-electron chi connectivity index (χ3n) is 8.56. The largest absolute Gasteiger partial charge is 0.361 e. The Hall–Kier alpha value is -3.04. The van der Waals surface area contributed by atoms with Crippen LogP contribution < -0.4 is 10.2 Å². The average molecular weight is 458 g/mol. The number of benzene rings is 1. The second kappa shape index (κ2) is 8.63. The lowest BCUT2D eigenvalue weighted by Crippen LogP contribution is -2.58. The van der Waals surface area contributed by atoms with Crippen molar-refractivity contribution in [2.45, 2.75) is 62.4 Å². The van der Waals surface area contributed by atoms with Crippen LogP contribution in [0.1, 0.15) is 56.3 Å². The van der Waals surface area contributed by atoms with Gasteiger partial charge in [0.15, 0.2) is 6.35 Å². The SMILES string of the molecule is CNC1(c2ccccc2)CCC2(CC1)CN(c1cnc(C#N)nc1)C(O)N2CC1(C#N)CCC1. The van der Waals surface area contributed by atoms with E-state index in [-0.39, 0.29) is 22.3 Å². The van der Waals surface area contributed by atoms with Crippen LogP contribution in [0.25, 0.3) is 0 Å². The van der Waals surface area contributed by atoms with E-state index in [1.54, 1.807) is 12.4 Å². The second-order valence-corrected chi connectivity index (χ2v) is 10.1. The number of nitrogens with zero attached hydrogens (tertiary/aromatic N) is 6. The van der Waals surface area contributed by atoms with E-state index in [0.29, 0.717) is 18.8 Å². The van der Waals surface area contributed by atoms with Crippen LogP contribution in [0.2, 0.25) is 0 Å². The van der Waals surface area contributed by atoms with Crippen LogP contribution in [0.4, 0.5) is 5.69 Å². The van der Waals surface area contributed by atoms with Crippen LogP contribution in [0, 0.1) is 28.1 Å². The van der Waals surface area contributed by atoms with Crippen molar-refractivity contribution in [1.82, 2.24) is 20.2 Å². The number of aliphatic hydroxyl groups excluding tert-OH is 1. The summed E-state index contributed by atoms with van der Waals surface area (Å²) in [6.45, 7) is 1.20. The molecule has 1 spiro atoms. The fraction of sp³-hybridized carbons (Fsp3) is 0.538. The lowest BCUT2D eigenvalue weighted by Gasteiger charge is -2.51. The number of hydrogen-bond donors (Lipinski definition) is 2. The molecule has 1 aliphatic heterocycles. The standard InChI is InChI=1S/C26H31N7O/c1-29-26(20-6-3-2-4-7-20)12-10-25(11-13-26)19-32(21-15-30-22(14-27)31-16-21)23(34)33(25)18-24(17-28)8-5-9-24/h2-4,6-7,15-16,23,29,34H,5,8-13,18-19H2,1H3. The molecule has 34 heavy (non-hydrogen) atoms. The predicted octanol–water partition coefficient (Wildman–Crippen LogP) is 2.87.